The molecule has 0 fully saturated rings. The molecule has 0 saturated carbocycles. The quantitative estimate of drug-likeness (QED) is 0.751. The van der Waals surface area contributed by atoms with E-state index >= 15 is 0 Å². The van der Waals surface area contributed by atoms with Gasteiger partial charge in [0.05, 0.1) is 7.11 Å². The molecule has 2 aromatic rings. The molecular weight excluding hydrogens is 268 g/mol. The van der Waals surface area contributed by atoms with Crippen LogP contribution in [0.15, 0.2) is 60.7 Å². The highest BCUT2D eigenvalue weighted by Crippen LogP contribution is 2.10. The van der Waals surface area contributed by atoms with Crippen molar-refractivity contribution in [1.82, 2.24) is 0 Å². The van der Waals surface area contributed by atoms with Crippen LogP contribution in [0.4, 0.5) is 0 Å². The Hall–Kier alpha value is -2.90. The molecule has 22 heavy (non-hydrogen) atoms. The molecule has 0 spiro atoms. The average molecular weight is 286 g/mol. The minimum atomic E-state index is 0.834. The average Bonchev–Trinajstić information content (AvgIpc) is 2.59. The molecule has 0 atom stereocenters. The summed E-state index contributed by atoms with van der Waals surface area (Å²) in [6, 6.07) is 16.0. The van der Waals surface area contributed by atoms with Gasteiger partial charge in [-0.25, -0.2) is 0 Å². The Morgan fingerprint density at radius 3 is 1.77 bits per heavy atom. The van der Waals surface area contributed by atoms with Crippen molar-refractivity contribution in [2.75, 3.05) is 7.11 Å². The third-order valence-electron chi connectivity index (χ3n) is 3.14. The lowest BCUT2D eigenvalue weighted by atomic mass is 10.1. The number of aryl methyl sites for hydroxylation is 1. The molecule has 0 amide bonds. The van der Waals surface area contributed by atoms with Gasteiger partial charge in [-0.2, -0.15) is 0 Å². The normalized spacial score (nSPS) is 9.55. The van der Waals surface area contributed by atoms with Crippen molar-refractivity contribution in [1.29, 1.82) is 0 Å². The Balaban J connectivity index is 1.93. The summed E-state index contributed by atoms with van der Waals surface area (Å²) in [6.07, 6.45) is 4.58. The van der Waals surface area contributed by atoms with Gasteiger partial charge in [0.1, 0.15) is 5.75 Å². The number of methoxy groups -OCH3 is 1. The van der Waals surface area contributed by atoms with E-state index in [0.29, 0.717) is 0 Å². The molecule has 2 aromatic carbocycles. The van der Waals surface area contributed by atoms with Crippen LogP contribution in [0, 0.1) is 23.7 Å². The summed E-state index contributed by atoms with van der Waals surface area (Å²) >= 11 is 0. The fourth-order valence-electron chi connectivity index (χ4n) is 1.83. The predicted molar refractivity (Wildman–Crippen MR) is 91.7 cm³/mol. The maximum Gasteiger partial charge on any atom is 0.118 e. The molecule has 1 heteroatoms. The van der Waals surface area contributed by atoms with Crippen LogP contribution in [0.25, 0.3) is 0 Å². The molecule has 1 nitrogen and oxygen atoms in total. The molecular formula is C21H18O. The Bertz CT molecular complexity index is 675. The van der Waals surface area contributed by atoms with Gasteiger partial charge < -0.3 is 4.74 Å². The number of hydrogen-bond acceptors (Lipinski definition) is 1. The second-order valence-corrected chi connectivity index (χ2v) is 4.65. The lowest BCUT2D eigenvalue weighted by Gasteiger charge is -1.97. The van der Waals surface area contributed by atoms with Crippen molar-refractivity contribution in [2.45, 2.75) is 13.3 Å². The van der Waals surface area contributed by atoms with Gasteiger partial charge in [0, 0.05) is 11.1 Å². The minimum absolute atomic E-state index is 0.834. The predicted octanol–water partition coefficient (Wildman–Crippen LogP) is 4.22. The Kier molecular flexibility index (Phi) is 5.91. The number of rotatable bonds is 2. The van der Waals surface area contributed by atoms with Crippen molar-refractivity contribution in [3.05, 3.63) is 77.4 Å². The van der Waals surface area contributed by atoms with Gasteiger partial charge >= 0.3 is 0 Å². The van der Waals surface area contributed by atoms with Crippen LogP contribution < -0.4 is 4.74 Å². The zero-order valence-corrected chi connectivity index (χ0v) is 12.9. The highest BCUT2D eigenvalue weighted by Gasteiger charge is 1.89. The Morgan fingerprint density at radius 2 is 1.32 bits per heavy atom. The van der Waals surface area contributed by atoms with Gasteiger partial charge in [-0.3, -0.25) is 0 Å². The maximum absolute atomic E-state index is 5.10. The van der Waals surface area contributed by atoms with E-state index < -0.39 is 0 Å². The van der Waals surface area contributed by atoms with E-state index in [1.54, 1.807) is 19.3 Å². The van der Waals surface area contributed by atoms with Gasteiger partial charge in [-0.05, 0) is 60.5 Å². The summed E-state index contributed by atoms with van der Waals surface area (Å²) in [4.78, 5) is 0. The third-order valence-corrected chi connectivity index (χ3v) is 3.14. The van der Waals surface area contributed by atoms with Crippen LogP contribution in [-0.4, -0.2) is 7.11 Å². The van der Waals surface area contributed by atoms with E-state index in [-0.39, 0.29) is 0 Å². The molecule has 108 valence electrons. The molecule has 2 rings (SSSR count). The molecule has 0 aliphatic rings. The van der Waals surface area contributed by atoms with Crippen LogP contribution in [0.3, 0.4) is 0 Å². The van der Waals surface area contributed by atoms with Gasteiger partial charge in [0.15, 0.2) is 0 Å². The second-order valence-electron chi connectivity index (χ2n) is 4.65. The van der Waals surface area contributed by atoms with Crippen LogP contribution in [-0.2, 0) is 6.42 Å². The van der Waals surface area contributed by atoms with Gasteiger partial charge in [0.25, 0.3) is 0 Å². The van der Waals surface area contributed by atoms with E-state index in [0.717, 1.165) is 23.3 Å². The van der Waals surface area contributed by atoms with E-state index in [4.69, 9.17) is 4.74 Å². The maximum atomic E-state index is 5.10. The summed E-state index contributed by atoms with van der Waals surface area (Å²) in [5.74, 6) is 12.9. The summed E-state index contributed by atoms with van der Waals surface area (Å²) in [7, 11) is 1.65. The fourth-order valence-corrected chi connectivity index (χ4v) is 1.83. The molecule has 0 aliphatic carbocycles. The van der Waals surface area contributed by atoms with E-state index in [2.05, 4.69) is 42.7 Å². The largest absolute Gasteiger partial charge is 0.497 e. The van der Waals surface area contributed by atoms with Crippen LogP contribution in [0.2, 0.25) is 0 Å². The van der Waals surface area contributed by atoms with Crippen molar-refractivity contribution in [3.8, 4) is 29.4 Å². The van der Waals surface area contributed by atoms with E-state index in [9.17, 15) is 0 Å². The highest BCUT2D eigenvalue weighted by molar-refractivity contribution is 5.42. The standard InChI is InChI=1S/C21H18O/c1-3-18-10-12-19(13-11-18)8-6-4-5-7-9-20-14-16-21(22-2)17-15-20/h4-5,10-17H,3H2,1-2H3. The van der Waals surface area contributed by atoms with E-state index in [1.165, 1.54) is 5.56 Å². The number of hydrogen-bond donors (Lipinski definition) is 0. The van der Waals surface area contributed by atoms with Gasteiger partial charge in [-0.15, -0.1) is 0 Å². The van der Waals surface area contributed by atoms with Crippen molar-refractivity contribution < 1.29 is 4.74 Å². The first-order valence-corrected chi connectivity index (χ1v) is 7.23. The van der Waals surface area contributed by atoms with Crippen LogP contribution in [0.5, 0.6) is 5.75 Å². The topological polar surface area (TPSA) is 9.23 Å². The number of ether oxygens (including phenoxy) is 1. The minimum Gasteiger partial charge on any atom is -0.497 e. The summed E-state index contributed by atoms with van der Waals surface area (Å²) in [6.45, 7) is 2.14. The molecule has 0 saturated heterocycles. The SMILES string of the molecule is CCc1ccc(C#CC=CC#Cc2ccc(OC)cc2)cc1. The lowest BCUT2D eigenvalue weighted by molar-refractivity contribution is 0.415. The third kappa shape index (κ3) is 4.89. The first-order valence-electron chi connectivity index (χ1n) is 7.23. The zero-order chi connectivity index (χ0) is 15.6. The van der Waals surface area contributed by atoms with Crippen molar-refractivity contribution in [3.63, 3.8) is 0 Å². The lowest BCUT2D eigenvalue weighted by Crippen LogP contribution is -1.81. The molecule has 0 bridgehead atoms. The summed E-state index contributed by atoms with van der Waals surface area (Å²) in [5.41, 5.74) is 3.30. The molecule has 0 unspecified atom stereocenters. The van der Waals surface area contributed by atoms with Gasteiger partial charge in [0.2, 0.25) is 0 Å². The highest BCUT2D eigenvalue weighted by atomic mass is 16.5. The van der Waals surface area contributed by atoms with Crippen LogP contribution in [0.1, 0.15) is 23.6 Å². The zero-order valence-electron chi connectivity index (χ0n) is 12.9. The molecule has 0 heterocycles. The number of benzene rings is 2. The smallest absolute Gasteiger partial charge is 0.118 e. The fraction of sp³-hybridized carbons (Fsp3) is 0.143. The van der Waals surface area contributed by atoms with Crippen LogP contribution >= 0.6 is 0 Å². The first-order chi connectivity index (χ1) is 10.8. The number of allylic oxidation sites excluding steroid dienone is 2. The summed E-state index contributed by atoms with van der Waals surface area (Å²) in [5, 5.41) is 0. The molecule has 0 N–H and O–H groups in total. The second kappa shape index (κ2) is 8.40. The molecule has 0 aromatic heterocycles. The Labute approximate surface area is 132 Å². The molecule has 0 aliphatic heterocycles. The Morgan fingerprint density at radius 1 is 0.818 bits per heavy atom. The summed E-state index contributed by atoms with van der Waals surface area (Å²) < 4.78 is 5.10. The van der Waals surface area contributed by atoms with Crippen molar-refractivity contribution in [2.24, 2.45) is 0 Å². The van der Waals surface area contributed by atoms with Crippen molar-refractivity contribution >= 4 is 0 Å². The molecule has 0 radical (unpaired) electrons. The first kappa shape index (κ1) is 15.5. The monoisotopic (exact) mass is 286 g/mol. The van der Waals surface area contributed by atoms with Gasteiger partial charge in [-0.1, -0.05) is 42.7 Å². The van der Waals surface area contributed by atoms with E-state index in [1.807, 2.05) is 36.4 Å².